The van der Waals surface area contributed by atoms with Gasteiger partial charge in [0.15, 0.2) is 5.65 Å². The fourth-order valence-electron chi connectivity index (χ4n) is 4.24. The first-order chi connectivity index (χ1) is 15.5. The molecule has 0 bridgehead atoms. The molecule has 3 N–H and O–H groups in total. The van der Waals surface area contributed by atoms with E-state index in [-0.39, 0.29) is 24.3 Å². The van der Waals surface area contributed by atoms with Crippen molar-refractivity contribution in [3.63, 3.8) is 0 Å². The Labute approximate surface area is 184 Å². The summed E-state index contributed by atoms with van der Waals surface area (Å²) in [6.07, 6.45) is 1.81. The molecule has 1 aliphatic heterocycles. The van der Waals surface area contributed by atoms with Crippen molar-refractivity contribution in [2.24, 2.45) is 0 Å². The van der Waals surface area contributed by atoms with Gasteiger partial charge in [0.05, 0.1) is 36.2 Å². The summed E-state index contributed by atoms with van der Waals surface area (Å²) in [4.78, 5) is 22.2. The number of pyridine rings is 1. The molecule has 1 unspecified atom stereocenters. The molecule has 1 aliphatic rings. The number of hydrogen-bond donors (Lipinski definition) is 2. The lowest BCUT2D eigenvalue weighted by molar-refractivity contribution is 0.0931. The van der Waals surface area contributed by atoms with E-state index in [4.69, 9.17) is 10.5 Å². The van der Waals surface area contributed by atoms with Crippen molar-refractivity contribution in [1.82, 2.24) is 24.1 Å². The van der Waals surface area contributed by atoms with E-state index < -0.39 is 0 Å². The molecule has 4 heterocycles. The monoisotopic (exact) mass is 432 g/mol. The number of aliphatic hydroxyl groups excluding tert-OH is 1. The quantitative estimate of drug-likeness (QED) is 0.496. The Morgan fingerprint density at radius 2 is 2.00 bits per heavy atom. The lowest BCUT2D eigenvalue weighted by atomic mass is 9.99. The standard InChI is InChI=1S/C23H24N6O3/c1-14-10-16(11-17(13-30)25-14)19-20(15-6-3-2-4-7-15)26-22(24)29-21(19)27-28(23(29)31)12-18-8-5-9-32-18/h2-4,6-7,10-11,18,30H,5,8-9,12-13H2,1H3,(H2,24,26). The minimum absolute atomic E-state index is 0.0481. The number of nitrogen functional groups attached to an aromatic ring is 1. The van der Waals surface area contributed by atoms with Crippen LogP contribution in [0.1, 0.15) is 24.2 Å². The highest BCUT2D eigenvalue weighted by atomic mass is 16.5. The van der Waals surface area contributed by atoms with Gasteiger partial charge in [-0.2, -0.15) is 0 Å². The summed E-state index contributed by atoms with van der Waals surface area (Å²) >= 11 is 0. The molecule has 1 aromatic carbocycles. The SMILES string of the molecule is Cc1cc(-c2c(-c3ccccc3)nc(N)n3c(=O)n(CC4CCCO4)nc23)cc(CO)n1. The molecule has 0 radical (unpaired) electrons. The molecule has 0 spiro atoms. The summed E-state index contributed by atoms with van der Waals surface area (Å²) in [6.45, 7) is 2.71. The third-order valence-electron chi connectivity index (χ3n) is 5.66. The molecule has 164 valence electrons. The number of aryl methyl sites for hydroxylation is 1. The van der Waals surface area contributed by atoms with Gasteiger partial charge in [-0.1, -0.05) is 30.3 Å². The zero-order chi connectivity index (χ0) is 22.2. The molecule has 4 aromatic rings. The van der Waals surface area contributed by atoms with Crippen LogP contribution in [0.2, 0.25) is 0 Å². The van der Waals surface area contributed by atoms with E-state index in [1.165, 1.54) is 9.08 Å². The molecule has 1 fully saturated rings. The van der Waals surface area contributed by atoms with Crippen LogP contribution in [0.25, 0.3) is 28.0 Å². The molecule has 0 saturated carbocycles. The zero-order valence-corrected chi connectivity index (χ0v) is 17.7. The molecule has 9 nitrogen and oxygen atoms in total. The first-order valence-corrected chi connectivity index (χ1v) is 10.6. The minimum atomic E-state index is -0.352. The molecule has 5 rings (SSSR count). The van der Waals surface area contributed by atoms with Gasteiger partial charge in [0.1, 0.15) is 0 Å². The third-order valence-corrected chi connectivity index (χ3v) is 5.66. The fourth-order valence-corrected chi connectivity index (χ4v) is 4.24. The molecule has 0 amide bonds. The lowest BCUT2D eigenvalue weighted by Gasteiger charge is -2.13. The second-order valence-electron chi connectivity index (χ2n) is 7.97. The van der Waals surface area contributed by atoms with Crippen molar-refractivity contribution in [3.05, 3.63) is 64.3 Å². The summed E-state index contributed by atoms with van der Waals surface area (Å²) in [5, 5.41) is 14.4. The van der Waals surface area contributed by atoms with Gasteiger partial charge in [0.2, 0.25) is 5.95 Å². The van der Waals surface area contributed by atoms with Crippen molar-refractivity contribution < 1.29 is 9.84 Å². The van der Waals surface area contributed by atoms with Gasteiger partial charge in [-0.3, -0.25) is 4.98 Å². The largest absolute Gasteiger partial charge is 0.390 e. The Hall–Kier alpha value is -3.56. The smallest absolute Gasteiger partial charge is 0.353 e. The summed E-state index contributed by atoms with van der Waals surface area (Å²) in [6, 6.07) is 13.3. The Morgan fingerprint density at radius 1 is 1.19 bits per heavy atom. The maximum absolute atomic E-state index is 13.2. The maximum Gasteiger partial charge on any atom is 0.353 e. The number of rotatable bonds is 5. The second kappa shape index (κ2) is 8.18. The van der Waals surface area contributed by atoms with Crippen molar-refractivity contribution in [2.75, 3.05) is 12.3 Å². The van der Waals surface area contributed by atoms with Crippen LogP contribution in [-0.2, 0) is 17.9 Å². The zero-order valence-electron chi connectivity index (χ0n) is 17.7. The topological polar surface area (TPSA) is 121 Å². The third kappa shape index (κ3) is 3.55. The van der Waals surface area contributed by atoms with Gasteiger partial charge in [-0.15, -0.1) is 5.10 Å². The van der Waals surface area contributed by atoms with Crippen LogP contribution >= 0.6 is 0 Å². The predicted molar refractivity (Wildman–Crippen MR) is 120 cm³/mol. The lowest BCUT2D eigenvalue weighted by Crippen LogP contribution is -2.28. The van der Waals surface area contributed by atoms with E-state index in [2.05, 4.69) is 15.1 Å². The fraction of sp³-hybridized carbons (Fsp3) is 0.304. The van der Waals surface area contributed by atoms with Gasteiger partial charge >= 0.3 is 5.69 Å². The highest BCUT2D eigenvalue weighted by Crippen LogP contribution is 2.35. The summed E-state index contributed by atoms with van der Waals surface area (Å²) in [5.74, 6) is 0.0688. The van der Waals surface area contributed by atoms with Crippen molar-refractivity contribution in [1.29, 1.82) is 0 Å². The Bertz CT molecular complexity index is 1340. The van der Waals surface area contributed by atoms with Gasteiger partial charge in [0, 0.05) is 17.9 Å². The number of nitrogens with zero attached hydrogens (tertiary/aromatic N) is 5. The molecule has 3 aromatic heterocycles. The summed E-state index contributed by atoms with van der Waals surface area (Å²) in [5.41, 5.74) is 10.5. The van der Waals surface area contributed by atoms with Gasteiger partial charge in [0.25, 0.3) is 0 Å². The van der Waals surface area contributed by atoms with E-state index in [9.17, 15) is 9.90 Å². The highest BCUT2D eigenvalue weighted by Gasteiger charge is 2.24. The van der Waals surface area contributed by atoms with Gasteiger partial charge in [-0.25, -0.2) is 18.9 Å². The number of nitrogens with two attached hydrogens (primary N) is 1. The first kappa shape index (κ1) is 20.3. The van der Waals surface area contributed by atoms with Gasteiger partial charge < -0.3 is 15.6 Å². The minimum Gasteiger partial charge on any atom is -0.390 e. The van der Waals surface area contributed by atoms with Crippen LogP contribution < -0.4 is 11.4 Å². The Morgan fingerprint density at radius 3 is 2.72 bits per heavy atom. The molecular formula is C23H24N6O3. The van der Waals surface area contributed by atoms with E-state index in [0.29, 0.717) is 35.8 Å². The molecule has 32 heavy (non-hydrogen) atoms. The first-order valence-electron chi connectivity index (χ1n) is 10.6. The average molecular weight is 432 g/mol. The number of benzene rings is 1. The molecule has 1 atom stereocenters. The van der Waals surface area contributed by atoms with E-state index >= 15 is 0 Å². The number of fused-ring (bicyclic) bond motifs is 1. The number of anilines is 1. The van der Waals surface area contributed by atoms with Gasteiger partial charge in [-0.05, 0) is 37.5 Å². The summed E-state index contributed by atoms with van der Waals surface area (Å²) in [7, 11) is 0. The van der Waals surface area contributed by atoms with E-state index in [1.807, 2.05) is 43.3 Å². The average Bonchev–Trinajstić information content (AvgIpc) is 3.42. The molecule has 0 aliphatic carbocycles. The number of hydrogen-bond acceptors (Lipinski definition) is 7. The number of aliphatic hydroxyl groups is 1. The van der Waals surface area contributed by atoms with Crippen LogP contribution in [0.15, 0.2) is 47.3 Å². The van der Waals surface area contributed by atoms with Crippen LogP contribution in [0.3, 0.4) is 0 Å². The van der Waals surface area contributed by atoms with Crippen LogP contribution in [0.5, 0.6) is 0 Å². The second-order valence-corrected chi connectivity index (χ2v) is 7.97. The summed E-state index contributed by atoms with van der Waals surface area (Å²) < 4.78 is 8.44. The Kier molecular flexibility index (Phi) is 5.20. The van der Waals surface area contributed by atoms with Crippen LogP contribution in [0, 0.1) is 6.92 Å². The van der Waals surface area contributed by atoms with Crippen LogP contribution in [0.4, 0.5) is 5.95 Å². The number of ether oxygens (including phenoxy) is 1. The van der Waals surface area contributed by atoms with Crippen molar-refractivity contribution in [3.8, 4) is 22.4 Å². The molecule has 9 heteroatoms. The van der Waals surface area contributed by atoms with Crippen molar-refractivity contribution in [2.45, 2.75) is 39.0 Å². The van der Waals surface area contributed by atoms with Crippen LogP contribution in [-0.4, -0.2) is 42.0 Å². The molecule has 1 saturated heterocycles. The van der Waals surface area contributed by atoms with Crippen molar-refractivity contribution >= 4 is 11.6 Å². The predicted octanol–water partition coefficient (Wildman–Crippen LogP) is 2.18. The molecular weight excluding hydrogens is 408 g/mol. The number of aromatic nitrogens is 5. The highest BCUT2D eigenvalue weighted by molar-refractivity contribution is 5.90. The normalized spacial score (nSPS) is 16.1. The maximum atomic E-state index is 13.2. The Balaban J connectivity index is 1.81. The van der Waals surface area contributed by atoms with E-state index in [1.54, 1.807) is 6.07 Å². The van der Waals surface area contributed by atoms with E-state index in [0.717, 1.165) is 29.7 Å².